The molecule has 0 aliphatic heterocycles. The molecule has 0 N–H and O–H groups in total. The van der Waals surface area contributed by atoms with E-state index in [9.17, 15) is 9.59 Å². The Morgan fingerprint density at radius 2 is 1.56 bits per heavy atom. The third kappa shape index (κ3) is 6.72. The summed E-state index contributed by atoms with van der Waals surface area (Å²) in [6, 6.07) is 21.1. The maximum absolute atomic E-state index is 12.7. The van der Waals surface area contributed by atoms with Gasteiger partial charge in [0, 0.05) is 41.0 Å². The van der Waals surface area contributed by atoms with Gasteiger partial charge in [-0.15, -0.1) is 11.8 Å². The highest BCUT2D eigenvalue weighted by molar-refractivity contribution is 7.99. The van der Waals surface area contributed by atoms with Crippen molar-refractivity contribution in [3.05, 3.63) is 89.0 Å². The lowest BCUT2D eigenvalue weighted by atomic mass is 9.99. The smallest absolute Gasteiger partial charge is 0.167 e. The zero-order valence-electron chi connectivity index (χ0n) is 18.7. The van der Waals surface area contributed by atoms with Crippen molar-refractivity contribution >= 4 is 23.3 Å². The second kappa shape index (κ2) is 11.5. The van der Waals surface area contributed by atoms with Crippen molar-refractivity contribution in [1.29, 1.82) is 0 Å². The maximum Gasteiger partial charge on any atom is 0.167 e. The quantitative estimate of drug-likeness (QED) is 0.277. The Morgan fingerprint density at radius 1 is 0.844 bits per heavy atom. The van der Waals surface area contributed by atoms with Crippen LogP contribution >= 0.6 is 11.8 Å². The number of carbonyl (C=O) groups excluding carboxylic acids is 2. The van der Waals surface area contributed by atoms with Gasteiger partial charge in [-0.3, -0.25) is 9.59 Å². The third-order valence-electron chi connectivity index (χ3n) is 5.19. The van der Waals surface area contributed by atoms with Crippen molar-refractivity contribution < 1.29 is 19.1 Å². The van der Waals surface area contributed by atoms with Crippen LogP contribution in [0, 0.1) is 6.92 Å². The monoisotopic (exact) mass is 448 g/mol. The number of hydrogen-bond donors (Lipinski definition) is 0. The molecule has 3 aromatic rings. The van der Waals surface area contributed by atoms with Crippen LogP contribution in [0.15, 0.2) is 71.6 Å². The van der Waals surface area contributed by atoms with Gasteiger partial charge >= 0.3 is 0 Å². The van der Waals surface area contributed by atoms with Gasteiger partial charge in [-0.2, -0.15) is 0 Å². The third-order valence-corrected chi connectivity index (χ3v) is 6.20. The Hall–Kier alpha value is -3.05. The largest absolute Gasteiger partial charge is 0.497 e. The van der Waals surface area contributed by atoms with Gasteiger partial charge in [0.05, 0.1) is 14.2 Å². The Bertz CT molecular complexity index is 1060. The molecule has 0 aliphatic carbocycles. The van der Waals surface area contributed by atoms with Gasteiger partial charge < -0.3 is 9.47 Å². The highest BCUT2D eigenvalue weighted by Gasteiger charge is 2.13. The molecule has 166 valence electrons. The van der Waals surface area contributed by atoms with Gasteiger partial charge in [0.2, 0.25) is 0 Å². The summed E-state index contributed by atoms with van der Waals surface area (Å²) in [5, 5.41) is 0. The van der Waals surface area contributed by atoms with Crippen LogP contribution in [0.3, 0.4) is 0 Å². The minimum absolute atomic E-state index is 0.0103. The number of ether oxygens (including phenoxy) is 2. The van der Waals surface area contributed by atoms with E-state index in [1.807, 2.05) is 18.2 Å². The van der Waals surface area contributed by atoms with Crippen LogP contribution in [0.25, 0.3) is 0 Å². The summed E-state index contributed by atoms with van der Waals surface area (Å²) in [6.07, 6.45) is 1.12. The molecule has 0 atom stereocenters. The van der Waals surface area contributed by atoms with E-state index >= 15 is 0 Å². The molecule has 3 aromatic carbocycles. The lowest BCUT2D eigenvalue weighted by Crippen LogP contribution is -2.07. The first-order valence-electron chi connectivity index (χ1n) is 10.5. The van der Waals surface area contributed by atoms with Crippen LogP contribution < -0.4 is 9.47 Å². The standard InChI is InChI=1S/C27H28O4S/c1-19-4-11-25(12-5-19)32-15-14-23(28)16-20-6-8-21(9-7-20)26(29)18-22-17-24(30-2)10-13-27(22)31-3/h4-13,17H,14-16,18H2,1-3H3. The van der Waals surface area contributed by atoms with Crippen molar-refractivity contribution in [3.63, 3.8) is 0 Å². The highest BCUT2D eigenvalue weighted by atomic mass is 32.2. The number of hydrogen-bond acceptors (Lipinski definition) is 5. The SMILES string of the molecule is COc1ccc(OC)c(CC(=O)c2ccc(CC(=O)CCSc3ccc(C)cc3)cc2)c1. The van der Waals surface area contributed by atoms with Gasteiger partial charge in [0.1, 0.15) is 17.3 Å². The van der Waals surface area contributed by atoms with Crippen LogP contribution in [0.1, 0.15) is 33.5 Å². The van der Waals surface area contributed by atoms with E-state index in [0.29, 0.717) is 29.9 Å². The molecule has 0 saturated heterocycles. The molecule has 0 aromatic heterocycles. The van der Waals surface area contributed by atoms with E-state index in [4.69, 9.17) is 9.47 Å². The Kier molecular flexibility index (Phi) is 8.51. The molecule has 4 nitrogen and oxygen atoms in total. The van der Waals surface area contributed by atoms with E-state index in [1.165, 1.54) is 10.5 Å². The molecule has 0 aliphatic rings. The van der Waals surface area contributed by atoms with Crippen LogP contribution in [0.5, 0.6) is 11.5 Å². The van der Waals surface area contributed by atoms with Crippen LogP contribution in [0.4, 0.5) is 0 Å². The topological polar surface area (TPSA) is 52.6 Å². The number of rotatable bonds is 11. The first kappa shape index (κ1) is 23.6. The first-order valence-corrected chi connectivity index (χ1v) is 11.5. The minimum atomic E-state index is -0.0103. The summed E-state index contributed by atoms with van der Waals surface area (Å²) >= 11 is 1.70. The summed E-state index contributed by atoms with van der Waals surface area (Å²) < 4.78 is 10.6. The second-order valence-electron chi connectivity index (χ2n) is 7.60. The van der Waals surface area contributed by atoms with E-state index < -0.39 is 0 Å². The highest BCUT2D eigenvalue weighted by Crippen LogP contribution is 2.25. The molecular weight excluding hydrogens is 420 g/mol. The Morgan fingerprint density at radius 3 is 2.22 bits per heavy atom. The predicted molar refractivity (Wildman–Crippen MR) is 129 cm³/mol. The zero-order valence-corrected chi connectivity index (χ0v) is 19.5. The average Bonchev–Trinajstić information content (AvgIpc) is 2.80. The zero-order chi connectivity index (χ0) is 22.9. The number of methoxy groups -OCH3 is 2. The predicted octanol–water partition coefficient (Wildman–Crippen LogP) is 5.73. The molecule has 32 heavy (non-hydrogen) atoms. The van der Waals surface area contributed by atoms with Crippen molar-refractivity contribution in [2.75, 3.05) is 20.0 Å². The summed E-state index contributed by atoms with van der Waals surface area (Å²) in [5.41, 5.74) is 3.55. The van der Waals surface area contributed by atoms with Crippen LogP contribution in [-0.4, -0.2) is 31.5 Å². The fourth-order valence-electron chi connectivity index (χ4n) is 3.34. The molecule has 0 bridgehead atoms. The molecule has 0 spiro atoms. The van der Waals surface area contributed by atoms with Crippen molar-refractivity contribution in [1.82, 2.24) is 0 Å². The van der Waals surface area contributed by atoms with Gasteiger partial charge in [-0.25, -0.2) is 0 Å². The molecule has 0 unspecified atom stereocenters. The Labute approximate surface area is 194 Å². The number of Topliss-reactive ketones (excluding diaryl/α,β-unsaturated/α-hetero) is 2. The van der Waals surface area contributed by atoms with Crippen LogP contribution in [-0.2, 0) is 17.6 Å². The molecule has 0 heterocycles. The molecule has 0 radical (unpaired) electrons. The minimum Gasteiger partial charge on any atom is -0.497 e. The number of ketones is 2. The van der Waals surface area contributed by atoms with Gasteiger partial charge in [0.25, 0.3) is 0 Å². The van der Waals surface area contributed by atoms with E-state index in [1.54, 1.807) is 50.2 Å². The summed E-state index contributed by atoms with van der Waals surface area (Å²) in [4.78, 5) is 26.3. The first-order chi connectivity index (χ1) is 15.5. The van der Waals surface area contributed by atoms with E-state index in [2.05, 4.69) is 31.2 Å². The molecule has 0 fully saturated rings. The van der Waals surface area contributed by atoms with Gasteiger partial charge in [-0.1, -0.05) is 42.0 Å². The van der Waals surface area contributed by atoms with Crippen LogP contribution in [0.2, 0.25) is 0 Å². The number of benzene rings is 3. The van der Waals surface area contributed by atoms with E-state index in [-0.39, 0.29) is 18.0 Å². The number of thioether (sulfide) groups is 1. The van der Waals surface area contributed by atoms with E-state index in [0.717, 1.165) is 16.9 Å². The summed E-state index contributed by atoms with van der Waals surface area (Å²) in [7, 11) is 3.18. The summed E-state index contributed by atoms with van der Waals surface area (Å²) in [5.74, 6) is 2.29. The lowest BCUT2D eigenvalue weighted by molar-refractivity contribution is -0.118. The molecule has 5 heteroatoms. The fraction of sp³-hybridized carbons (Fsp3) is 0.259. The molecule has 3 rings (SSSR count). The maximum atomic E-state index is 12.7. The molecule has 0 amide bonds. The Balaban J connectivity index is 1.52. The lowest BCUT2D eigenvalue weighted by Gasteiger charge is -2.10. The number of carbonyl (C=O) groups is 2. The van der Waals surface area contributed by atoms with Gasteiger partial charge in [-0.05, 0) is 42.8 Å². The van der Waals surface area contributed by atoms with Crippen molar-refractivity contribution in [2.45, 2.75) is 31.1 Å². The second-order valence-corrected chi connectivity index (χ2v) is 8.77. The van der Waals surface area contributed by atoms with Crippen molar-refractivity contribution in [2.24, 2.45) is 0 Å². The number of aryl methyl sites for hydroxylation is 1. The molecular formula is C27H28O4S. The normalized spacial score (nSPS) is 10.6. The molecule has 0 saturated carbocycles. The summed E-state index contributed by atoms with van der Waals surface area (Å²) in [6.45, 7) is 2.06. The van der Waals surface area contributed by atoms with Crippen molar-refractivity contribution in [3.8, 4) is 11.5 Å². The van der Waals surface area contributed by atoms with Gasteiger partial charge in [0.15, 0.2) is 5.78 Å². The average molecular weight is 449 g/mol. The fourth-order valence-corrected chi connectivity index (χ4v) is 4.23.